The Balaban J connectivity index is 1.73. The zero-order valence-electron chi connectivity index (χ0n) is 12.4. The number of hydrogen-bond donors (Lipinski definition) is 2. The lowest BCUT2D eigenvalue weighted by Crippen LogP contribution is -2.40. The molecular formula is C16H24N4O. The van der Waals surface area contributed by atoms with Crippen molar-refractivity contribution >= 4 is 17.3 Å². The standard InChI is InChI=1S/C16H24N4O/c17-14-5-4-12(16(18)21)10-15(14)20-9-6-13(11-20)19-7-2-1-3-8-19/h4-5,10,13H,1-3,6-9,11,17H2,(H2,18,21). The zero-order chi connectivity index (χ0) is 14.8. The average Bonchev–Trinajstić information content (AvgIpc) is 2.98. The molecule has 2 aliphatic rings. The number of nitrogens with zero attached hydrogens (tertiary/aromatic N) is 2. The minimum absolute atomic E-state index is 0.400. The van der Waals surface area contributed by atoms with Crippen LogP contribution in [0.4, 0.5) is 11.4 Å². The summed E-state index contributed by atoms with van der Waals surface area (Å²) in [7, 11) is 0. The van der Waals surface area contributed by atoms with E-state index in [2.05, 4.69) is 9.80 Å². The van der Waals surface area contributed by atoms with Gasteiger partial charge in [0.15, 0.2) is 0 Å². The van der Waals surface area contributed by atoms with Gasteiger partial charge in [0.05, 0.1) is 11.4 Å². The van der Waals surface area contributed by atoms with Crippen LogP contribution in [0.2, 0.25) is 0 Å². The number of piperidine rings is 1. The molecule has 2 heterocycles. The molecule has 0 radical (unpaired) electrons. The van der Waals surface area contributed by atoms with Crippen LogP contribution >= 0.6 is 0 Å². The number of benzene rings is 1. The maximum Gasteiger partial charge on any atom is 0.248 e. The number of primary amides is 1. The molecule has 0 aliphatic carbocycles. The van der Waals surface area contributed by atoms with Crippen molar-refractivity contribution in [1.82, 2.24) is 4.90 Å². The molecule has 3 rings (SSSR count). The molecule has 1 aromatic rings. The predicted molar refractivity (Wildman–Crippen MR) is 85.4 cm³/mol. The fraction of sp³-hybridized carbons (Fsp3) is 0.562. The Kier molecular flexibility index (Phi) is 4.01. The lowest BCUT2D eigenvalue weighted by atomic mass is 10.1. The van der Waals surface area contributed by atoms with E-state index in [0.717, 1.165) is 24.5 Å². The van der Waals surface area contributed by atoms with Crippen molar-refractivity contribution in [2.45, 2.75) is 31.7 Å². The number of nitrogens with two attached hydrogens (primary N) is 2. The molecular weight excluding hydrogens is 264 g/mol. The number of carbonyl (C=O) groups excluding carboxylic acids is 1. The molecule has 1 amide bonds. The third-order valence-electron chi connectivity index (χ3n) is 4.73. The quantitative estimate of drug-likeness (QED) is 0.825. The van der Waals surface area contributed by atoms with E-state index in [9.17, 15) is 4.79 Å². The molecule has 2 saturated heterocycles. The highest BCUT2D eigenvalue weighted by Gasteiger charge is 2.29. The molecule has 21 heavy (non-hydrogen) atoms. The smallest absolute Gasteiger partial charge is 0.248 e. The number of hydrogen-bond acceptors (Lipinski definition) is 4. The first kappa shape index (κ1) is 14.2. The lowest BCUT2D eigenvalue weighted by molar-refractivity contribution is 0.100. The van der Waals surface area contributed by atoms with Gasteiger partial charge in [-0.3, -0.25) is 9.69 Å². The fourth-order valence-electron chi connectivity index (χ4n) is 3.51. The summed E-state index contributed by atoms with van der Waals surface area (Å²) in [6.45, 7) is 4.42. The largest absolute Gasteiger partial charge is 0.397 e. The second kappa shape index (κ2) is 5.93. The Labute approximate surface area is 125 Å². The number of amides is 1. The summed E-state index contributed by atoms with van der Waals surface area (Å²) in [5, 5.41) is 0. The molecule has 2 aliphatic heterocycles. The van der Waals surface area contributed by atoms with E-state index in [1.807, 2.05) is 6.07 Å². The van der Waals surface area contributed by atoms with Gasteiger partial charge in [-0.05, 0) is 50.6 Å². The van der Waals surface area contributed by atoms with Crippen LogP contribution in [0.25, 0.3) is 0 Å². The van der Waals surface area contributed by atoms with Crippen LogP contribution in [0, 0.1) is 0 Å². The summed E-state index contributed by atoms with van der Waals surface area (Å²) in [6.07, 6.45) is 5.16. The van der Waals surface area contributed by atoms with Crippen LogP contribution in [0.1, 0.15) is 36.0 Å². The topological polar surface area (TPSA) is 75.6 Å². The van der Waals surface area contributed by atoms with Gasteiger partial charge in [-0.1, -0.05) is 6.42 Å². The van der Waals surface area contributed by atoms with Crippen molar-refractivity contribution in [3.05, 3.63) is 23.8 Å². The maximum absolute atomic E-state index is 11.3. The Bertz CT molecular complexity index is 525. The van der Waals surface area contributed by atoms with Gasteiger partial charge in [-0.15, -0.1) is 0 Å². The van der Waals surface area contributed by atoms with Crippen LogP contribution in [-0.2, 0) is 0 Å². The Hall–Kier alpha value is -1.75. The Morgan fingerprint density at radius 1 is 1.14 bits per heavy atom. The summed E-state index contributed by atoms with van der Waals surface area (Å²) < 4.78 is 0. The molecule has 114 valence electrons. The van der Waals surface area contributed by atoms with Gasteiger partial charge >= 0.3 is 0 Å². The average molecular weight is 288 g/mol. The van der Waals surface area contributed by atoms with Crippen molar-refractivity contribution < 1.29 is 4.79 Å². The van der Waals surface area contributed by atoms with Gasteiger partial charge < -0.3 is 16.4 Å². The molecule has 5 nitrogen and oxygen atoms in total. The highest BCUT2D eigenvalue weighted by atomic mass is 16.1. The Morgan fingerprint density at radius 3 is 2.62 bits per heavy atom. The van der Waals surface area contributed by atoms with E-state index in [1.165, 1.54) is 38.8 Å². The number of carbonyl (C=O) groups is 1. The van der Waals surface area contributed by atoms with E-state index in [1.54, 1.807) is 12.1 Å². The number of likely N-dealkylation sites (tertiary alicyclic amines) is 1. The molecule has 0 bridgehead atoms. The fourth-order valence-corrected chi connectivity index (χ4v) is 3.51. The van der Waals surface area contributed by atoms with Crippen LogP contribution in [0.15, 0.2) is 18.2 Å². The molecule has 5 heteroatoms. The highest BCUT2D eigenvalue weighted by Crippen LogP contribution is 2.30. The summed E-state index contributed by atoms with van der Waals surface area (Å²) in [5.74, 6) is -0.400. The number of anilines is 2. The van der Waals surface area contributed by atoms with Crippen LogP contribution in [-0.4, -0.2) is 43.0 Å². The second-order valence-electron chi connectivity index (χ2n) is 6.12. The van der Waals surface area contributed by atoms with E-state index < -0.39 is 5.91 Å². The minimum Gasteiger partial charge on any atom is -0.397 e. The summed E-state index contributed by atoms with van der Waals surface area (Å²) in [5.41, 5.74) is 13.7. The van der Waals surface area contributed by atoms with E-state index in [0.29, 0.717) is 11.6 Å². The molecule has 1 aromatic carbocycles. The van der Waals surface area contributed by atoms with Gasteiger partial charge in [0.1, 0.15) is 0 Å². The van der Waals surface area contributed by atoms with Gasteiger partial charge in [-0.2, -0.15) is 0 Å². The van der Waals surface area contributed by atoms with Crippen molar-refractivity contribution in [1.29, 1.82) is 0 Å². The van der Waals surface area contributed by atoms with Crippen LogP contribution in [0.5, 0.6) is 0 Å². The molecule has 1 unspecified atom stereocenters. The first-order valence-electron chi connectivity index (χ1n) is 7.83. The van der Waals surface area contributed by atoms with Crippen molar-refractivity contribution in [2.24, 2.45) is 5.73 Å². The van der Waals surface area contributed by atoms with Crippen LogP contribution < -0.4 is 16.4 Å². The summed E-state index contributed by atoms with van der Waals surface area (Å²) in [4.78, 5) is 16.2. The minimum atomic E-state index is -0.400. The van der Waals surface area contributed by atoms with Crippen molar-refractivity contribution in [3.63, 3.8) is 0 Å². The Morgan fingerprint density at radius 2 is 1.90 bits per heavy atom. The summed E-state index contributed by atoms with van der Waals surface area (Å²) in [6, 6.07) is 5.92. The van der Waals surface area contributed by atoms with Gasteiger partial charge in [0.25, 0.3) is 0 Å². The van der Waals surface area contributed by atoms with Gasteiger partial charge in [0, 0.05) is 24.7 Å². The molecule has 0 spiro atoms. The molecule has 0 aromatic heterocycles. The van der Waals surface area contributed by atoms with Gasteiger partial charge in [-0.25, -0.2) is 0 Å². The van der Waals surface area contributed by atoms with E-state index in [-0.39, 0.29) is 0 Å². The molecule has 0 saturated carbocycles. The highest BCUT2D eigenvalue weighted by molar-refractivity contribution is 5.95. The predicted octanol–water partition coefficient (Wildman–Crippen LogP) is 1.43. The second-order valence-corrected chi connectivity index (χ2v) is 6.12. The maximum atomic E-state index is 11.3. The van der Waals surface area contributed by atoms with Gasteiger partial charge in [0.2, 0.25) is 5.91 Å². The number of nitrogen functional groups attached to an aromatic ring is 1. The first-order chi connectivity index (χ1) is 10.1. The van der Waals surface area contributed by atoms with Crippen LogP contribution in [0.3, 0.4) is 0 Å². The first-order valence-corrected chi connectivity index (χ1v) is 7.83. The zero-order valence-corrected chi connectivity index (χ0v) is 12.4. The lowest BCUT2D eigenvalue weighted by Gasteiger charge is -2.32. The van der Waals surface area contributed by atoms with Crippen molar-refractivity contribution in [2.75, 3.05) is 36.8 Å². The molecule has 1 atom stereocenters. The molecule has 4 N–H and O–H groups in total. The third kappa shape index (κ3) is 2.97. The molecule has 2 fully saturated rings. The third-order valence-corrected chi connectivity index (χ3v) is 4.73. The van der Waals surface area contributed by atoms with Crippen molar-refractivity contribution in [3.8, 4) is 0 Å². The van der Waals surface area contributed by atoms with E-state index in [4.69, 9.17) is 11.5 Å². The van der Waals surface area contributed by atoms with E-state index >= 15 is 0 Å². The summed E-state index contributed by atoms with van der Waals surface area (Å²) >= 11 is 0. The number of rotatable bonds is 3. The monoisotopic (exact) mass is 288 g/mol. The normalized spacial score (nSPS) is 23.4. The SMILES string of the molecule is NC(=O)c1ccc(N)c(N2CCC(N3CCCCC3)C2)c1.